The number of aryl methyl sites for hydroxylation is 1. The molecule has 0 spiro atoms. The summed E-state index contributed by atoms with van der Waals surface area (Å²) in [7, 11) is 8.09. The number of amides is 2. The Morgan fingerprint density at radius 1 is 0.945 bits per heavy atom. The number of benzene rings is 2. The largest absolute Gasteiger partial charge is 0.492 e. The summed E-state index contributed by atoms with van der Waals surface area (Å²) in [5, 5.41) is 66.1. The van der Waals surface area contributed by atoms with E-state index in [2.05, 4.69) is 50.0 Å². The summed E-state index contributed by atoms with van der Waals surface area (Å²) < 4.78 is 65.7. The molecule has 1 aromatic heterocycles. The van der Waals surface area contributed by atoms with Gasteiger partial charge in [-0.25, -0.2) is 19.6 Å². The van der Waals surface area contributed by atoms with Gasteiger partial charge in [0.05, 0.1) is 90.6 Å². The summed E-state index contributed by atoms with van der Waals surface area (Å²) in [6, 6.07) is 5.01. The van der Waals surface area contributed by atoms with Crippen LogP contribution in [-0.4, -0.2) is 193 Å². The Morgan fingerprint density at radius 3 is 2.41 bits per heavy atom. The van der Waals surface area contributed by atoms with Gasteiger partial charge in [-0.2, -0.15) is 5.48 Å². The molecule has 26 nitrogen and oxygen atoms in total. The third kappa shape index (κ3) is 17.2. The molecule has 91 heavy (non-hydrogen) atoms. The maximum Gasteiger partial charge on any atom is 0.411 e. The Kier molecular flexibility index (Phi) is 25.8. The smallest absolute Gasteiger partial charge is 0.411 e. The van der Waals surface area contributed by atoms with Gasteiger partial charge in [-0.3, -0.25) is 20.3 Å². The summed E-state index contributed by atoms with van der Waals surface area (Å²) in [6.07, 6.45) is -10.6. The summed E-state index contributed by atoms with van der Waals surface area (Å²) in [6.45, 7) is 11.3. The van der Waals surface area contributed by atoms with E-state index in [1.807, 2.05) is 36.4 Å². The Balaban J connectivity index is 1.01. The fraction of sp³-hybridized carbons (Fsp3) is 0.541. The van der Waals surface area contributed by atoms with E-state index in [1.54, 1.807) is 53.0 Å². The number of anilines is 1. The molecule has 3 aromatic rings. The van der Waals surface area contributed by atoms with Crippen molar-refractivity contribution in [2.45, 2.75) is 157 Å². The number of methoxy groups -OCH3 is 4. The van der Waals surface area contributed by atoms with Crippen molar-refractivity contribution in [3.05, 3.63) is 90.0 Å². The van der Waals surface area contributed by atoms with E-state index in [9.17, 15) is 44.9 Å². The summed E-state index contributed by atoms with van der Waals surface area (Å²) in [5.41, 5.74) is 2.25. The van der Waals surface area contributed by atoms with E-state index < -0.39 is 114 Å². The zero-order chi connectivity index (χ0) is 65.8. The topological polar surface area (TPSA) is 341 Å². The third-order valence-electron chi connectivity index (χ3n) is 15.5. The first kappa shape index (κ1) is 71.7. The lowest BCUT2D eigenvalue weighted by Crippen LogP contribution is -2.65. The van der Waals surface area contributed by atoms with Crippen LogP contribution in [0.25, 0.3) is 11.0 Å². The van der Waals surface area contributed by atoms with Crippen molar-refractivity contribution in [3.63, 3.8) is 0 Å². The molecule has 5 aliphatic rings. The van der Waals surface area contributed by atoms with Crippen LogP contribution in [0.2, 0.25) is 0 Å². The van der Waals surface area contributed by atoms with Crippen molar-refractivity contribution in [2.75, 3.05) is 59.3 Å². The number of likely N-dealkylation sites (N-methyl/N-ethyl adjacent to an activating group) is 1. The number of aliphatic hydroxyl groups excluding tert-OH is 3. The second-order valence-corrected chi connectivity index (χ2v) is 26.7. The van der Waals surface area contributed by atoms with Gasteiger partial charge in [0.15, 0.2) is 30.2 Å². The van der Waals surface area contributed by atoms with Gasteiger partial charge in [0, 0.05) is 71.7 Å². The van der Waals surface area contributed by atoms with Gasteiger partial charge < -0.3 is 82.4 Å². The number of allylic oxidation sites excluding steroid dienone is 2. The van der Waals surface area contributed by atoms with Crippen molar-refractivity contribution in [1.82, 2.24) is 16.1 Å². The lowest BCUT2D eigenvalue weighted by molar-refractivity contribution is -0.336. The molecule has 8 rings (SSSR count). The molecule has 3 fully saturated rings. The molecule has 496 valence electrons. The van der Waals surface area contributed by atoms with Gasteiger partial charge in [0.25, 0.3) is 0 Å². The number of ether oxygens (including phenoxy) is 10. The van der Waals surface area contributed by atoms with Crippen LogP contribution in [0, 0.1) is 41.1 Å². The van der Waals surface area contributed by atoms with Crippen LogP contribution in [0.3, 0.4) is 0 Å². The van der Waals surface area contributed by atoms with Gasteiger partial charge in [-0.1, -0.05) is 70.0 Å². The Labute approximate surface area is 551 Å². The predicted octanol–water partition coefficient (Wildman–Crippen LogP) is 5.75. The van der Waals surface area contributed by atoms with E-state index in [4.69, 9.17) is 56.6 Å². The highest BCUT2D eigenvalue weighted by atomic mass is 127. The minimum Gasteiger partial charge on any atom is -0.492 e. The number of rotatable bonds is 23. The molecule has 0 radical (unpaired) electrons. The summed E-state index contributed by atoms with van der Waals surface area (Å²) in [5.74, 6) is 11.8. The standard InChI is InChI=1S/C61H75IN4O22S3/c1-11-63-37-28-80-44(25-42(37)76-7)86-54-51(70)49(66-87-45-24-38(67)56(33(6)82-45)90-57(71)46-31(4)48(62)53(88-75)55(78-9)52(46)77-8)32(5)83-58(54)85-40-16-14-12-13-15-20-61(74)26-39(68)50(65-59(72)79-10)47(40)36(61)19-21-89-91-30(3)27-81-60(73)64-34-17-18-35-29(2)22-43(69)84-41(35)23-34/h12-13,17-19,22-23,30,32-33,37-40,42,44-45,49,51,54,56,58,63,66-68,70,74-75H,11,21,24-28H2,1-10H3,(H,64,73)(H,65,72)/b13-12-,36-19+/t30-,32-,33-,37+,38+,39+,40+,42+,44+,45+,49-,51+,54-,56-,58+,61+/m1/s1. The van der Waals surface area contributed by atoms with Gasteiger partial charge in [-0.05, 0) is 99.2 Å². The SMILES string of the molecule is CCN[C@H]1CO[C@@H](O[C@H]2[C@H](O[C@H]3C#C/C=C\C#C[C@]4(O)C[C@H](O)C(NC(=O)OC)=C3/C4=C\CSS[C@H](C)COC(=O)Nc3ccc4c(C)cc(=O)oc4c3)O[C@H](C)[C@@H](NO[C@H]3C[C@H](O)[C@H](SC(=O)c4c(C)c(I)c(OO)c(OC)c4OC)[C@@H](C)O3)[C@@H]2O)C[C@@H]1OC. The number of carbonyl (C=O) groups is 3. The number of halogens is 1. The molecule has 3 aliphatic heterocycles. The van der Waals surface area contributed by atoms with E-state index in [0.29, 0.717) is 26.9 Å². The molecule has 0 saturated carbocycles. The molecule has 2 aromatic carbocycles. The third-order valence-corrected chi connectivity index (χ3v) is 20.9. The first-order valence-corrected chi connectivity index (χ1v) is 33.3. The average molecular weight is 1440 g/mol. The summed E-state index contributed by atoms with van der Waals surface area (Å²) >= 11 is 2.75. The second-order valence-electron chi connectivity index (χ2n) is 21.7. The highest BCUT2D eigenvalue weighted by molar-refractivity contribution is 14.1. The van der Waals surface area contributed by atoms with Crippen molar-refractivity contribution in [1.29, 1.82) is 0 Å². The van der Waals surface area contributed by atoms with Gasteiger partial charge in [0.2, 0.25) is 16.6 Å². The predicted molar refractivity (Wildman–Crippen MR) is 344 cm³/mol. The quantitative estimate of drug-likeness (QED) is 0.0104. The number of alkyl carbamates (subject to hydrolysis) is 1. The van der Waals surface area contributed by atoms with Crippen molar-refractivity contribution in [2.24, 2.45) is 0 Å². The lowest BCUT2D eigenvalue weighted by atomic mass is 9.74. The molecule has 4 heterocycles. The fourth-order valence-corrected chi connectivity index (χ4v) is 14.7. The minimum atomic E-state index is -2.08. The monoisotopic (exact) mass is 1440 g/mol. The van der Waals surface area contributed by atoms with E-state index in [-0.39, 0.29) is 82.8 Å². The Hall–Kier alpha value is -5.18. The molecular weight excluding hydrogens is 1360 g/mol. The average Bonchev–Trinajstić information content (AvgIpc) is 0.768. The van der Waals surface area contributed by atoms with E-state index >= 15 is 0 Å². The van der Waals surface area contributed by atoms with Crippen LogP contribution < -0.4 is 41.4 Å². The number of fused-ring (bicyclic) bond motifs is 3. The molecule has 2 aliphatic carbocycles. The highest BCUT2D eigenvalue weighted by Gasteiger charge is 2.51. The molecule has 16 atom stereocenters. The number of aliphatic hydroxyl groups is 4. The molecule has 3 saturated heterocycles. The van der Waals surface area contributed by atoms with Crippen LogP contribution in [0.15, 0.2) is 68.5 Å². The second kappa shape index (κ2) is 32.8. The maximum atomic E-state index is 14.1. The number of nitrogens with one attached hydrogen (secondary N) is 4. The summed E-state index contributed by atoms with van der Waals surface area (Å²) in [4.78, 5) is 62.8. The zero-order valence-electron chi connectivity index (χ0n) is 51.4. The van der Waals surface area contributed by atoms with Gasteiger partial charge in [-0.15, -0.1) is 0 Å². The van der Waals surface area contributed by atoms with E-state index in [1.165, 1.54) is 60.1 Å². The first-order chi connectivity index (χ1) is 43.6. The molecule has 2 bridgehead atoms. The zero-order valence-corrected chi connectivity index (χ0v) is 56.0. The molecule has 2 amide bonds. The minimum absolute atomic E-state index is 0.000725. The molecular formula is C61H75IN4O22S3. The Morgan fingerprint density at radius 2 is 1.70 bits per heavy atom. The van der Waals surface area contributed by atoms with Crippen LogP contribution in [0.1, 0.15) is 68.4 Å². The van der Waals surface area contributed by atoms with Crippen LogP contribution in [0.5, 0.6) is 17.2 Å². The number of hydroxylamine groups is 1. The van der Waals surface area contributed by atoms with Gasteiger partial charge >= 0.3 is 17.8 Å². The number of hydrogen-bond acceptors (Lipinski definition) is 27. The molecule has 9 N–H and O–H groups in total. The van der Waals surface area contributed by atoms with Crippen LogP contribution >= 0.6 is 55.9 Å². The number of thioether (sulfide) groups is 1. The van der Waals surface area contributed by atoms with E-state index in [0.717, 1.165) is 29.8 Å². The maximum absolute atomic E-state index is 14.1. The van der Waals surface area contributed by atoms with Gasteiger partial charge in [0.1, 0.15) is 30.5 Å². The lowest BCUT2D eigenvalue weighted by Gasteiger charge is -2.47. The van der Waals surface area contributed by atoms with Crippen LogP contribution in [0.4, 0.5) is 15.3 Å². The fourth-order valence-electron chi connectivity index (χ4n) is 11.0. The van der Waals surface area contributed by atoms with Crippen molar-refractivity contribution < 1.29 is 102 Å². The van der Waals surface area contributed by atoms with Crippen LogP contribution in [-0.2, 0) is 42.7 Å². The molecule has 30 heteroatoms. The molecule has 0 unspecified atom stereocenters. The highest BCUT2D eigenvalue weighted by Crippen LogP contribution is 2.48. The normalized spacial score (nSPS) is 30.0. The number of hydrogen-bond donors (Lipinski definition) is 9. The van der Waals surface area contributed by atoms with Crippen molar-refractivity contribution >= 4 is 89.9 Å². The van der Waals surface area contributed by atoms with Crippen molar-refractivity contribution in [3.8, 4) is 40.9 Å². The number of carbonyl (C=O) groups excluding carboxylic acids is 3. The first-order valence-electron chi connectivity index (χ1n) is 29.0. The Bertz CT molecular complexity index is 3390.